The van der Waals surface area contributed by atoms with Crippen LogP contribution in [0.1, 0.15) is 26.2 Å². The highest BCUT2D eigenvalue weighted by Crippen LogP contribution is 2.14. The van der Waals surface area contributed by atoms with E-state index in [9.17, 15) is 0 Å². The van der Waals surface area contributed by atoms with E-state index in [1.54, 1.807) is 0 Å². The lowest BCUT2D eigenvalue weighted by molar-refractivity contribution is 0.220. The van der Waals surface area contributed by atoms with Crippen LogP contribution in [0, 0.1) is 0 Å². The van der Waals surface area contributed by atoms with Crippen LogP contribution in [0.2, 0.25) is 0 Å². The van der Waals surface area contributed by atoms with Crippen molar-refractivity contribution in [3.05, 3.63) is 0 Å². The van der Waals surface area contributed by atoms with E-state index in [1.807, 2.05) is 0 Å². The van der Waals surface area contributed by atoms with Crippen molar-refractivity contribution in [1.82, 2.24) is 15.1 Å². The van der Waals surface area contributed by atoms with Crippen molar-refractivity contribution in [1.29, 1.82) is 0 Å². The second-order valence-electron chi connectivity index (χ2n) is 4.79. The summed E-state index contributed by atoms with van der Waals surface area (Å²) in [4.78, 5) is 4.95. The first-order valence-corrected chi connectivity index (χ1v) is 6.33. The van der Waals surface area contributed by atoms with Crippen LogP contribution in [0.15, 0.2) is 0 Å². The summed E-state index contributed by atoms with van der Waals surface area (Å²) < 4.78 is 0. The first-order valence-electron chi connectivity index (χ1n) is 6.33. The predicted octanol–water partition coefficient (Wildman–Crippen LogP) is 1.01. The third-order valence-electron chi connectivity index (χ3n) is 3.29. The van der Waals surface area contributed by atoms with Crippen LogP contribution in [0.25, 0.3) is 0 Å². The van der Waals surface area contributed by atoms with Gasteiger partial charge in [-0.25, -0.2) is 0 Å². The van der Waals surface area contributed by atoms with Crippen LogP contribution in [0.3, 0.4) is 0 Å². The van der Waals surface area contributed by atoms with Gasteiger partial charge in [0.2, 0.25) is 0 Å². The van der Waals surface area contributed by atoms with E-state index < -0.39 is 0 Å². The van der Waals surface area contributed by atoms with Gasteiger partial charge in [0.05, 0.1) is 0 Å². The summed E-state index contributed by atoms with van der Waals surface area (Å²) in [6.07, 6.45) is 3.99. The van der Waals surface area contributed by atoms with E-state index in [2.05, 4.69) is 36.1 Å². The second-order valence-corrected chi connectivity index (χ2v) is 4.79. The molecular weight excluding hydrogens is 186 g/mol. The van der Waals surface area contributed by atoms with Gasteiger partial charge in [-0.2, -0.15) is 0 Å². The molecule has 0 aromatic rings. The summed E-state index contributed by atoms with van der Waals surface area (Å²) in [6, 6.07) is 0.793. The molecule has 1 saturated heterocycles. The largest absolute Gasteiger partial charge is 0.315 e. The Morgan fingerprint density at radius 3 is 2.80 bits per heavy atom. The molecule has 0 radical (unpaired) electrons. The van der Waals surface area contributed by atoms with Crippen molar-refractivity contribution in [2.75, 3.05) is 46.8 Å². The number of nitrogens with zero attached hydrogens (tertiary/aromatic N) is 2. The molecule has 0 spiro atoms. The zero-order valence-corrected chi connectivity index (χ0v) is 10.6. The van der Waals surface area contributed by atoms with Crippen molar-refractivity contribution in [2.24, 2.45) is 0 Å². The Morgan fingerprint density at radius 1 is 1.40 bits per heavy atom. The Morgan fingerprint density at radius 2 is 2.20 bits per heavy atom. The number of rotatable bonds is 7. The van der Waals surface area contributed by atoms with Gasteiger partial charge in [0, 0.05) is 25.7 Å². The maximum atomic E-state index is 3.45. The summed E-state index contributed by atoms with van der Waals surface area (Å²) in [6.45, 7) is 8.17. The molecule has 0 bridgehead atoms. The normalized spacial score (nSPS) is 22.8. The third-order valence-corrected chi connectivity index (χ3v) is 3.29. The molecular formula is C12H27N3. The topological polar surface area (TPSA) is 18.5 Å². The quantitative estimate of drug-likeness (QED) is 0.637. The standard InChI is InChI=1S/C12H27N3/c1-4-7-13-8-10-14(2)11-12-6-5-9-15(12)3/h12-13H,4-11H2,1-3H3. The first-order chi connectivity index (χ1) is 7.24. The molecule has 15 heavy (non-hydrogen) atoms. The summed E-state index contributed by atoms with van der Waals surface area (Å²) >= 11 is 0. The van der Waals surface area contributed by atoms with E-state index in [0.717, 1.165) is 19.1 Å². The Labute approximate surface area is 94.8 Å². The minimum Gasteiger partial charge on any atom is -0.315 e. The number of hydrogen-bond acceptors (Lipinski definition) is 3. The molecule has 0 aliphatic carbocycles. The number of nitrogens with one attached hydrogen (secondary N) is 1. The van der Waals surface area contributed by atoms with Gasteiger partial charge in [-0.1, -0.05) is 6.92 Å². The molecule has 90 valence electrons. The smallest absolute Gasteiger partial charge is 0.0220 e. The van der Waals surface area contributed by atoms with Crippen molar-refractivity contribution >= 4 is 0 Å². The van der Waals surface area contributed by atoms with E-state index in [-0.39, 0.29) is 0 Å². The average Bonchev–Trinajstić information content (AvgIpc) is 2.59. The Bertz CT molecular complexity index is 161. The molecule has 1 aliphatic heterocycles. The molecule has 1 unspecified atom stereocenters. The van der Waals surface area contributed by atoms with Gasteiger partial charge in [-0.05, 0) is 46.4 Å². The van der Waals surface area contributed by atoms with Crippen LogP contribution in [0.4, 0.5) is 0 Å². The minimum absolute atomic E-state index is 0.793. The van der Waals surface area contributed by atoms with Crippen molar-refractivity contribution in [2.45, 2.75) is 32.2 Å². The molecule has 0 aromatic heterocycles. The van der Waals surface area contributed by atoms with Crippen molar-refractivity contribution in [3.8, 4) is 0 Å². The summed E-state index contributed by atoms with van der Waals surface area (Å²) in [5, 5.41) is 3.45. The molecule has 0 saturated carbocycles. The van der Waals surface area contributed by atoms with Crippen LogP contribution >= 0.6 is 0 Å². The molecule has 0 amide bonds. The highest BCUT2D eigenvalue weighted by molar-refractivity contribution is 4.78. The van der Waals surface area contributed by atoms with Gasteiger partial charge >= 0.3 is 0 Å². The maximum absolute atomic E-state index is 3.45. The Kier molecular flexibility index (Phi) is 6.22. The molecule has 1 rings (SSSR count). The van der Waals surface area contributed by atoms with Crippen LogP contribution in [-0.4, -0.2) is 62.7 Å². The molecule has 1 aliphatic rings. The number of likely N-dealkylation sites (tertiary alicyclic amines) is 1. The lowest BCUT2D eigenvalue weighted by Crippen LogP contribution is -2.39. The van der Waals surface area contributed by atoms with E-state index in [4.69, 9.17) is 0 Å². The molecule has 1 N–H and O–H groups in total. The summed E-state index contributed by atoms with van der Waals surface area (Å²) in [5.41, 5.74) is 0. The molecule has 1 heterocycles. The van der Waals surface area contributed by atoms with Crippen LogP contribution in [0.5, 0.6) is 0 Å². The van der Waals surface area contributed by atoms with Crippen LogP contribution in [-0.2, 0) is 0 Å². The first kappa shape index (κ1) is 12.9. The van der Waals surface area contributed by atoms with Gasteiger partial charge in [0.1, 0.15) is 0 Å². The SMILES string of the molecule is CCCNCCN(C)CC1CCCN1C. The lowest BCUT2D eigenvalue weighted by Gasteiger charge is -2.25. The van der Waals surface area contributed by atoms with Crippen molar-refractivity contribution < 1.29 is 0 Å². The Hall–Kier alpha value is -0.120. The van der Waals surface area contributed by atoms with Gasteiger partial charge in [0.25, 0.3) is 0 Å². The molecule has 0 aromatic carbocycles. The van der Waals surface area contributed by atoms with Gasteiger partial charge < -0.3 is 15.1 Å². The monoisotopic (exact) mass is 213 g/mol. The van der Waals surface area contributed by atoms with E-state index >= 15 is 0 Å². The van der Waals surface area contributed by atoms with Crippen molar-refractivity contribution in [3.63, 3.8) is 0 Å². The number of hydrogen-bond donors (Lipinski definition) is 1. The highest BCUT2D eigenvalue weighted by atomic mass is 15.2. The van der Waals surface area contributed by atoms with Gasteiger partial charge in [0.15, 0.2) is 0 Å². The summed E-state index contributed by atoms with van der Waals surface area (Å²) in [5.74, 6) is 0. The van der Waals surface area contributed by atoms with E-state index in [1.165, 1.54) is 38.9 Å². The maximum Gasteiger partial charge on any atom is 0.0220 e. The Balaban J connectivity index is 2.04. The minimum atomic E-state index is 0.793. The number of likely N-dealkylation sites (N-methyl/N-ethyl adjacent to an activating group) is 2. The molecule has 3 nitrogen and oxygen atoms in total. The predicted molar refractivity (Wildman–Crippen MR) is 66.3 cm³/mol. The van der Waals surface area contributed by atoms with Gasteiger partial charge in [-0.3, -0.25) is 0 Å². The second kappa shape index (κ2) is 7.20. The fraction of sp³-hybridized carbons (Fsp3) is 1.00. The lowest BCUT2D eigenvalue weighted by atomic mass is 10.2. The third kappa shape index (κ3) is 4.96. The fourth-order valence-electron chi connectivity index (χ4n) is 2.23. The molecule has 3 heteroatoms. The highest BCUT2D eigenvalue weighted by Gasteiger charge is 2.21. The zero-order valence-electron chi connectivity index (χ0n) is 10.6. The molecule has 1 fully saturated rings. The summed E-state index contributed by atoms with van der Waals surface area (Å²) in [7, 11) is 4.49. The van der Waals surface area contributed by atoms with Gasteiger partial charge in [-0.15, -0.1) is 0 Å². The zero-order chi connectivity index (χ0) is 11.1. The average molecular weight is 213 g/mol. The van der Waals surface area contributed by atoms with Crippen LogP contribution < -0.4 is 5.32 Å². The molecule has 1 atom stereocenters. The fourth-order valence-corrected chi connectivity index (χ4v) is 2.23. The van der Waals surface area contributed by atoms with E-state index in [0.29, 0.717) is 0 Å².